The predicted molar refractivity (Wildman–Crippen MR) is 103 cm³/mol. The Labute approximate surface area is 163 Å². The third kappa shape index (κ3) is 3.33. The van der Waals surface area contributed by atoms with Crippen molar-refractivity contribution in [2.24, 2.45) is 5.92 Å². The molecule has 3 aromatic rings. The van der Waals surface area contributed by atoms with Crippen molar-refractivity contribution in [3.05, 3.63) is 35.3 Å². The zero-order valence-electron chi connectivity index (χ0n) is 15.0. The Morgan fingerprint density at radius 2 is 2.21 bits per heavy atom. The first-order valence-electron chi connectivity index (χ1n) is 8.73. The number of aromatic amines is 1. The highest BCUT2D eigenvalue weighted by atomic mass is 32.1. The normalized spacial score (nSPS) is 16.5. The maximum absolute atomic E-state index is 12.6. The summed E-state index contributed by atoms with van der Waals surface area (Å²) < 4.78 is 4.88. The van der Waals surface area contributed by atoms with Crippen LogP contribution in [0.15, 0.2) is 29.6 Å². The van der Waals surface area contributed by atoms with Crippen molar-refractivity contribution < 1.29 is 19.1 Å². The molecule has 1 aromatic carbocycles. The first-order chi connectivity index (χ1) is 13.6. The second kappa shape index (κ2) is 7.39. The molecular weight excluding hydrogens is 382 g/mol. The lowest BCUT2D eigenvalue weighted by atomic mass is 10.1. The standard InChI is InChI=1S/C18H17N5O4S/c1-2-27-17(26)13-9-28-18(19-13)20-16(25)10-7-14(24)23(8-10)15-11-5-3-4-6-12(11)21-22-15/h3-6,9-10H,2,7-8H2,1H3,(H,21,22)(H,19,20,25)/t10-/m1/s1. The average Bonchev–Trinajstić information content (AvgIpc) is 3.40. The van der Waals surface area contributed by atoms with E-state index in [9.17, 15) is 14.4 Å². The number of rotatable bonds is 5. The molecule has 1 saturated heterocycles. The van der Waals surface area contributed by atoms with Gasteiger partial charge in [0.15, 0.2) is 16.6 Å². The maximum atomic E-state index is 12.6. The lowest BCUT2D eigenvalue weighted by molar-refractivity contribution is -0.122. The number of carbonyl (C=O) groups excluding carboxylic acids is 3. The molecule has 2 amide bonds. The summed E-state index contributed by atoms with van der Waals surface area (Å²) in [6.45, 7) is 2.19. The van der Waals surface area contributed by atoms with Gasteiger partial charge in [-0.25, -0.2) is 9.78 Å². The number of amides is 2. The van der Waals surface area contributed by atoms with Gasteiger partial charge in [-0.2, -0.15) is 5.10 Å². The molecule has 0 unspecified atom stereocenters. The van der Waals surface area contributed by atoms with Gasteiger partial charge in [0.2, 0.25) is 11.8 Å². The van der Waals surface area contributed by atoms with E-state index in [4.69, 9.17) is 4.74 Å². The molecule has 144 valence electrons. The molecule has 2 aromatic heterocycles. The molecule has 0 aliphatic carbocycles. The monoisotopic (exact) mass is 399 g/mol. The summed E-state index contributed by atoms with van der Waals surface area (Å²) in [4.78, 5) is 42.3. The molecule has 1 atom stereocenters. The molecule has 9 nitrogen and oxygen atoms in total. The van der Waals surface area contributed by atoms with Gasteiger partial charge in [-0.1, -0.05) is 12.1 Å². The van der Waals surface area contributed by atoms with Crippen LogP contribution in [-0.2, 0) is 14.3 Å². The second-order valence-corrected chi connectivity index (χ2v) is 7.10. The largest absolute Gasteiger partial charge is 0.461 e. The van der Waals surface area contributed by atoms with Crippen LogP contribution in [0.4, 0.5) is 10.9 Å². The number of aromatic nitrogens is 3. The summed E-state index contributed by atoms with van der Waals surface area (Å²) in [5.41, 5.74) is 0.974. The first-order valence-corrected chi connectivity index (χ1v) is 9.61. The lowest BCUT2D eigenvalue weighted by Crippen LogP contribution is -2.28. The minimum absolute atomic E-state index is 0.0864. The number of anilines is 2. The van der Waals surface area contributed by atoms with E-state index in [1.807, 2.05) is 24.3 Å². The highest BCUT2D eigenvalue weighted by Crippen LogP contribution is 2.30. The Kier molecular flexibility index (Phi) is 4.78. The molecule has 3 heterocycles. The smallest absolute Gasteiger partial charge is 0.357 e. The molecule has 1 aliphatic rings. The number of nitrogens with one attached hydrogen (secondary N) is 2. The Morgan fingerprint density at radius 3 is 3.04 bits per heavy atom. The number of benzene rings is 1. The van der Waals surface area contributed by atoms with Gasteiger partial charge in [0.1, 0.15) is 0 Å². The van der Waals surface area contributed by atoms with Gasteiger partial charge >= 0.3 is 5.97 Å². The number of H-pyrrole nitrogens is 1. The minimum Gasteiger partial charge on any atom is -0.461 e. The SMILES string of the molecule is CCOC(=O)c1csc(NC(=O)[C@@H]2CC(=O)N(c3n[nH]c4ccccc34)C2)n1. The van der Waals surface area contributed by atoms with Gasteiger partial charge in [-0.05, 0) is 19.1 Å². The summed E-state index contributed by atoms with van der Waals surface area (Å²) in [5, 5.41) is 12.5. The predicted octanol–water partition coefficient (Wildman–Crippen LogP) is 2.19. The van der Waals surface area contributed by atoms with E-state index < -0.39 is 11.9 Å². The van der Waals surface area contributed by atoms with Crippen LogP contribution in [0.2, 0.25) is 0 Å². The molecule has 0 saturated carbocycles. The topological polar surface area (TPSA) is 117 Å². The Hall–Kier alpha value is -3.27. The first kappa shape index (κ1) is 18.1. The van der Waals surface area contributed by atoms with Crippen molar-refractivity contribution in [3.8, 4) is 0 Å². The quantitative estimate of drug-likeness (QED) is 0.635. The van der Waals surface area contributed by atoms with Crippen molar-refractivity contribution in [1.29, 1.82) is 0 Å². The lowest BCUT2D eigenvalue weighted by Gasteiger charge is -2.13. The van der Waals surface area contributed by atoms with Crippen LogP contribution in [0.1, 0.15) is 23.8 Å². The van der Waals surface area contributed by atoms with Gasteiger partial charge < -0.3 is 10.1 Å². The van der Waals surface area contributed by atoms with Gasteiger partial charge in [-0.3, -0.25) is 19.6 Å². The van der Waals surface area contributed by atoms with E-state index in [2.05, 4.69) is 20.5 Å². The van der Waals surface area contributed by atoms with E-state index in [1.54, 1.807) is 6.92 Å². The van der Waals surface area contributed by atoms with Gasteiger partial charge in [0.05, 0.1) is 18.0 Å². The minimum atomic E-state index is -0.535. The highest BCUT2D eigenvalue weighted by Gasteiger charge is 2.37. The summed E-state index contributed by atoms with van der Waals surface area (Å²) in [7, 11) is 0. The van der Waals surface area contributed by atoms with E-state index in [1.165, 1.54) is 10.3 Å². The number of fused-ring (bicyclic) bond motifs is 1. The zero-order chi connectivity index (χ0) is 19.7. The van der Waals surface area contributed by atoms with Crippen molar-refractivity contribution in [2.75, 3.05) is 23.4 Å². The summed E-state index contributed by atoms with van der Waals surface area (Å²) in [6.07, 6.45) is 0.0864. The fraction of sp³-hybridized carbons (Fsp3) is 0.278. The van der Waals surface area contributed by atoms with E-state index in [0.29, 0.717) is 10.9 Å². The number of esters is 1. The fourth-order valence-electron chi connectivity index (χ4n) is 3.08. The third-order valence-corrected chi connectivity index (χ3v) is 5.18. The van der Waals surface area contributed by atoms with Crippen LogP contribution in [0.3, 0.4) is 0 Å². The van der Waals surface area contributed by atoms with Crippen molar-refractivity contribution in [3.63, 3.8) is 0 Å². The average molecular weight is 399 g/mol. The second-order valence-electron chi connectivity index (χ2n) is 6.25. The molecule has 1 fully saturated rings. The third-order valence-electron chi connectivity index (χ3n) is 4.42. The van der Waals surface area contributed by atoms with Crippen LogP contribution >= 0.6 is 11.3 Å². The number of thiazole rings is 1. The zero-order valence-corrected chi connectivity index (χ0v) is 15.8. The van der Waals surface area contributed by atoms with Crippen LogP contribution in [0.25, 0.3) is 10.9 Å². The van der Waals surface area contributed by atoms with Gasteiger partial charge in [0.25, 0.3) is 0 Å². The molecule has 2 N–H and O–H groups in total. The molecule has 0 radical (unpaired) electrons. The van der Waals surface area contributed by atoms with Crippen LogP contribution in [0, 0.1) is 5.92 Å². The number of nitrogens with zero attached hydrogens (tertiary/aromatic N) is 3. The van der Waals surface area contributed by atoms with Crippen molar-refractivity contribution >= 4 is 51.0 Å². The highest BCUT2D eigenvalue weighted by molar-refractivity contribution is 7.14. The molecule has 28 heavy (non-hydrogen) atoms. The summed E-state index contributed by atoms with van der Waals surface area (Å²) in [6, 6.07) is 7.50. The molecule has 4 rings (SSSR count). The van der Waals surface area contributed by atoms with E-state index in [0.717, 1.165) is 22.2 Å². The Balaban J connectivity index is 1.45. The number of hydrogen-bond donors (Lipinski definition) is 2. The molecule has 1 aliphatic heterocycles. The van der Waals surface area contributed by atoms with Gasteiger partial charge in [-0.15, -0.1) is 11.3 Å². The molecular formula is C18H17N5O4S. The van der Waals surface area contributed by atoms with E-state index in [-0.39, 0.29) is 37.1 Å². The van der Waals surface area contributed by atoms with Crippen molar-refractivity contribution in [1.82, 2.24) is 15.2 Å². The summed E-state index contributed by atoms with van der Waals surface area (Å²) in [5.74, 6) is -1.02. The van der Waals surface area contributed by atoms with Gasteiger partial charge in [0, 0.05) is 23.7 Å². The number of carbonyl (C=O) groups is 3. The van der Waals surface area contributed by atoms with Crippen LogP contribution in [0.5, 0.6) is 0 Å². The van der Waals surface area contributed by atoms with Crippen LogP contribution in [-0.4, -0.2) is 46.1 Å². The summed E-state index contributed by atoms with van der Waals surface area (Å²) >= 11 is 1.13. The van der Waals surface area contributed by atoms with Crippen molar-refractivity contribution in [2.45, 2.75) is 13.3 Å². The number of ether oxygens (including phenoxy) is 1. The molecule has 10 heteroatoms. The molecule has 0 bridgehead atoms. The number of hydrogen-bond acceptors (Lipinski definition) is 7. The fourth-order valence-corrected chi connectivity index (χ4v) is 3.76. The van der Waals surface area contributed by atoms with Crippen LogP contribution < -0.4 is 10.2 Å². The number of para-hydroxylation sites is 1. The Bertz CT molecular complexity index is 1060. The van der Waals surface area contributed by atoms with E-state index >= 15 is 0 Å². The molecule has 0 spiro atoms. The Morgan fingerprint density at radius 1 is 1.39 bits per heavy atom. The maximum Gasteiger partial charge on any atom is 0.357 e.